The van der Waals surface area contributed by atoms with Crippen LogP contribution in [0.25, 0.3) is 0 Å². The van der Waals surface area contributed by atoms with Crippen LogP contribution in [0, 0.1) is 5.92 Å². The van der Waals surface area contributed by atoms with E-state index in [2.05, 4.69) is 27.5 Å². The number of hydrogen-bond donors (Lipinski definition) is 2. The van der Waals surface area contributed by atoms with Gasteiger partial charge >= 0.3 is 0 Å². The van der Waals surface area contributed by atoms with Crippen LogP contribution in [0.1, 0.15) is 38.5 Å². The van der Waals surface area contributed by atoms with Crippen molar-refractivity contribution in [2.75, 3.05) is 52.9 Å². The molecule has 3 unspecified atom stereocenters. The second-order valence-electron chi connectivity index (χ2n) is 7.36. The molecule has 0 spiro atoms. The highest BCUT2D eigenvalue weighted by Crippen LogP contribution is 2.30. The number of rotatable bonds is 5. The van der Waals surface area contributed by atoms with Crippen LogP contribution in [0.5, 0.6) is 0 Å². The summed E-state index contributed by atoms with van der Waals surface area (Å²) in [6.07, 6.45) is 8.49. The topological polar surface area (TPSA) is 30.5 Å². The lowest BCUT2D eigenvalue weighted by Gasteiger charge is -2.37. The zero-order valence-corrected chi connectivity index (χ0v) is 13.8. The first-order valence-electron chi connectivity index (χ1n) is 9.20. The lowest BCUT2D eigenvalue weighted by atomic mass is 9.79. The quantitative estimate of drug-likeness (QED) is 0.796. The highest BCUT2D eigenvalue weighted by atomic mass is 15.2. The molecule has 21 heavy (non-hydrogen) atoms. The molecule has 0 aromatic carbocycles. The Morgan fingerprint density at radius 2 is 1.81 bits per heavy atom. The summed E-state index contributed by atoms with van der Waals surface area (Å²) in [4.78, 5) is 5.06. The van der Waals surface area contributed by atoms with Crippen LogP contribution in [0.3, 0.4) is 0 Å². The van der Waals surface area contributed by atoms with Crippen molar-refractivity contribution in [2.24, 2.45) is 5.92 Å². The third-order valence-electron chi connectivity index (χ3n) is 5.87. The first-order valence-corrected chi connectivity index (χ1v) is 9.20. The maximum Gasteiger partial charge on any atom is 0.0111 e. The van der Waals surface area contributed by atoms with Gasteiger partial charge in [-0.25, -0.2) is 0 Å². The molecule has 2 heterocycles. The predicted octanol–water partition coefficient (Wildman–Crippen LogP) is 1.13. The van der Waals surface area contributed by atoms with Crippen molar-refractivity contribution in [1.29, 1.82) is 0 Å². The molecule has 4 heteroatoms. The molecular weight excluding hydrogens is 260 g/mol. The summed E-state index contributed by atoms with van der Waals surface area (Å²) in [6.45, 7) is 8.62. The highest BCUT2D eigenvalue weighted by Gasteiger charge is 2.32. The molecule has 3 aliphatic rings. The maximum atomic E-state index is 3.91. The Hall–Kier alpha value is -0.160. The molecule has 0 bridgehead atoms. The van der Waals surface area contributed by atoms with Gasteiger partial charge in [0, 0.05) is 51.4 Å². The normalized spacial score (nSPS) is 36.1. The summed E-state index contributed by atoms with van der Waals surface area (Å²) in [7, 11) is 2.23. The number of nitrogens with one attached hydrogen (secondary N) is 2. The summed E-state index contributed by atoms with van der Waals surface area (Å²) in [5.41, 5.74) is 0. The van der Waals surface area contributed by atoms with Crippen LogP contribution in [-0.4, -0.2) is 74.7 Å². The number of hydrogen-bond acceptors (Lipinski definition) is 4. The van der Waals surface area contributed by atoms with E-state index in [0.29, 0.717) is 0 Å². The largest absolute Gasteiger partial charge is 0.314 e. The summed E-state index contributed by atoms with van der Waals surface area (Å²) < 4.78 is 0. The van der Waals surface area contributed by atoms with Crippen molar-refractivity contribution < 1.29 is 0 Å². The molecule has 0 aromatic heterocycles. The van der Waals surface area contributed by atoms with Gasteiger partial charge < -0.3 is 15.5 Å². The van der Waals surface area contributed by atoms with Gasteiger partial charge in [0.2, 0.25) is 0 Å². The first kappa shape index (κ1) is 15.7. The van der Waals surface area contributed by atoms with E-state index in [4.69, 9.17) is 0 Å². The van der Waals surface area contributed by atoms with Gasteiger partial charge in [0.25, 0.3) is 0 Å². The predicted molar refractivity (Wildman–Crippen MR) is 88.7 cm³/mol. The molecule has 3 atom stereocenters. The zero-order valence-electron chi connectivity index (χ0n) is 13.8. The molecule has 0 amide bonds. The Balaban J connectivity index is 1.40. The molecule has 3 fully saturated rings. The van der Waals surface area contributed by atoms with Crippen molar-refractivity contribution in [3.8, 4) is 0 Å². The fourth-order valence-corrected chi connectivity index (χ4v) is 4.45. The van der Waals surface area contributed by atoms with Crippen molar-refractivity contribution in [3.05, 3.63) is 0 Å². The zero-order chi connectivity index (χ0) is 14.5. The van der Waals surface area contributed by atoms with Gasteiger partial charge in [0.1, 0.15) is 0 Å². The highest BCUT2D eigenvalue weighted by molar-refractivity contribution is 4.91. The Bertz CT molecular complexity index is 295. The van der Waals surface area contributed by atoms with Crippen LogP contribution < -0.4 is 10.6 Å². The fraction of sp³-hybridized carbons (Fsp3) is 1.00. The van der Waals surface area contributed by atoms with Gasteiger partial charge in [0.05, 0.1) is 0 Å². The van der Waals surface area contributed by atoms with Crippen molar-refractivity contribution in [3.63, 3.8) is 0 Å². The van der Waals surface area contributed by atoms with Gasteiger partial charge in [-0.05, 0) is 45.2 Å². The lowest BCUT2D eigenvalue weighted by Crippen LogP contribution is -2.50. The van der Waals surface area contributed by atoms with Gasteiger partial charge in [-0.1, -0.05) is 12.8 Å². The van der Waals surface area contributed by atoms with Crippen molar-refractivity contribution >= 4 is 0 Å². The first-order chi connectivity index (χ1) is 10.3. The lowest BCUT2D eigenvalue weighted by molar-refractivity contribution is 0.147. The van der Waals surface area contributed by atoms with Crippen molar-refractivity contribution in [1.82, 2.24) is 20.4 Å². The second-order valence-corrected chi connectivity index (χ2v) is 7.36. The minimum absolute atomic E-state index is 0.766. The van der Waals surface area contributed by atoms with Crippen LogP contribution in [0.4, 0.5) is 0 Å². The Kier molecular flexibility index (Phi) is 5.92. The van der Waals surface area contributed by atoms with E-state index < -0.39 is 0 Å². The standard InChI is InChI=1S/C17H34N4/c1-20-11-13-21(14-12-20)10-9-19-16-6-3-2-5-15(16)17-7-4-8-18-17/h15-19H,2-14H2,1H3. The molecular formula is C17H34N4. The molecule has 4 nitrogen and oxygen atoms in total. The summed E-state index contributed by atoms with van der Waals surface area (Å²) in [5, 5.41) is 7.66. The van der Waals surface area contributed by atoms with Gasteiger partial charge in [-0.3, -0.25) is 4.90 Å². The molecule has 2 saturated heterocycles. The molecule has 0 aromatic rings. The monoisotopic (exact) mass is 294 g/mol. The third kappa shape index (κ3) is 4.41. The smallest absolute Gasteiger partial charge is 0.0111 e. The molecule has 2 N–H and O–H groups in total. The fourth-order valence-electron chi connectivity index (χ4n) is 4.45. The Morgan fingerprint density at radius 3 is 2.57 bits per heavy atom. The minimum Gasteiger partial charge on any atom is -0.314 e. The van der Waals surface area contributed by atoms with E-state index in [1.54, 1.807) is 0 Å². The summed E-state index contributed by atoms with van der Waals surface area (Å²) >= 11 is 0. The van der Waals surface area contributed by atoms with Gasteiger partial charge in [-0.15, -0.1) is 0 Å². The molecule has 1 saturated carbocycles. The number of nitrogens with zero attached hydrogens (tertiary/aromatic N) is 2. The van der Waals surface area contributed by atoms with Gasteiger partial charge in [-0.2, -0.15) is 0 Å². The van der Waals surface area contributed by atoms with Crippen LogP contribution >= 0.6 is 0 Å². The molecule has 3 rings (SSSR count). The van der Waals surface area contributed by atoms with Crippen molar-refractivity contribution in [2.45, 2.75) is 50.6 Å². The van der Waals surface area contributed by atoms with E-state index in [9.17, 15) is 0 Å². The van der Waals surface area contributed by atoms with Crippen LogP contribution in [-0.2, 0) is 0 Å². The molecule has 0 radical (unpaired) electrons. The Morgan fingerprint density at radius 1 is 1.00 bits per heavy atom. The van der Waals surface area contributed by atoms with E-state index in [1.165, 1.54) is 84.3 Å². The number of piperazine rings is 1. The molecule has 1 aliphatic carbocycles. The average molecular weight is 294 g/mol. The van der Waals surface area contributed by atoms with E-state index in [0.717, 1.165) is 18.0 Å². The van der Waals surface area contributed by atoms with E-state index in [1.807, 2.05) is 0 Å². The van der Waals surface area contributed by atoms with E-state index in [-0.39, 0.29) is 0 Å². The minimum atomic E-state index is 0.766. The summed E-state index contributed by atoms with van der Waals surface area (Å²) in [6, 6.07) is 1.56. The second kappa shape index (κ2) is 7.91. The molecule has 122 valence electrons. The SMILES string of the molecule is CN1CCN(CCNC2CCCCC2C2CCCN2)CC1. The van der Waals surface area contributed by atoms with E-state index >= 15 is 0 Å². The average Bonchev–Trinajstić information content (AvgIpc) is 3.04. The van der Waals surface area contributed by atoms with Crippen LogP contribution in [0.15, 0.2) is 0 Å². The van der Waals surface area contributed by atoms with Gasteiger partial charge in [0.15, 0.2) is 0 Å². The number of likely N-dealkylation sites (N-methyl/N-ethyl adjacent to an activating group) is 1. The summed E-state index contributed by atoms with van der Waals surface area (Å²) in [5.74, 6) is 0.883. The maximum absolute atomic E-state index is 3.91. The third-order valence-corrected chi connectivity index (χ3v) is 5.87. The Labute approximate surface area is 130 Å². The van der Waals surface area contributed by atoms with Crippen LogP contribution in [0.2, 0.25) is 0 Å². The molecule has 2 aliphatic heterocycles.